The van der Waals surface area contributed by atoms with Crippen molar-refractivity contribution >= 4 is 41.3 Å². The van der Waals surface area contributed by atoms with Crippen LogP contribution in [0.5, 0.6) is 0 Å². The quantitative estimate of drug-likeness (QED) is 0.574. The minimum Gasteiger partial charge on any atom is -0.372 e. The van der Waals surface area contributed by atoms with Crippen molar-refractivity contribution in [3.8, 4) is 0 Å². The first kappa shape index (κ1) is 17.7. The van der Waals surface area contributed by atoms with Gasteiger partial charge in [0.1, 0.15) is 6.67 Å². The van der Waals surface area contributed by atoms with Crippen LogP contribution in [0.15, 0.2) is 39.6 Å². The van der Waals surface area contributed by atoms with Crippen LogP contribution < -0.4 is 4.90 Å². The van der Waals surface area contributed by atoms with Crippen LogP contribution in [0.1, 0.15) is 13.8 Å². The predicted octanol–water partition coefficient (Wildman–Crippen LogP) is 3.34. The Morgan fingerprint density at radius 2 is 1.71 bits per heavy atom. The van der Waals surface area contributed by atoms with Gasteiger partial charge in [0.25, 0.3) is 5.96 Å². The zero-order valence-electron chi connectivity index (χ0n) is 13.0. The maximum atomic E-state index is 4.26. The number of anilines is 1. The predicted molar refractivity (Wildman–Crippen MR) is 97.8 cm³/mol. The van der Waals surface area contributed by atoms with Crippen LogP contribution in [0.25, 0.3) is 0 Å². The van der Waals surface area contributed by atoms with E-state index >= 15 is 0 Å². The number of hydrazone groups is 1. The monoisotopic (exact) mass is 402 g/mol. The third-order valence-corrected chi connectivity index (χ3v) is 3.25. The largest absolute Gasteiger partial charge is 0.372 e. The number of azo groups is 1. The molecule has 21 heavy (non-hydrogen) atoms. The van der Waals surface area contributed by atoms with Gasteiger partial charge in [-0.15, -0.1) is 39.3 Å². The third kappa shape index (κ3) is 4.55. The summed E-state index contributed by atoms with van der Waals surface area (Å²) in [4.78, 5) is 4.25. The van der Waals surface area contributed by atoms with E-state index in [2.05, 4.69) is 46.2 Å². The van der Waals surface area contributed by atoms with Crippen LogP contribution in [0.2, 0.25) is 0 Å². The van der Waals surface area contributed by atoms with Crippen molar-refractivity contribution < 1.29 is 0 Å². The number of rotatable bonds is 4. The molecule has 0 fully saturated rings. The Morgan fingerprint density at radius 1 is 1.10 bits per heavy atom. The first-order valence-electron chi connectivity index (χ1n) is 6.91. The van der Waals surface area contributed by atoms with Crippen molar-refractivity contribution in [2.75, 3.05) is 38.8 Å². The van der Waals surface area contributed by atoms with Gasteiger partial charge in [0, 0.05) is 32.9 Å². The average Bonchev–Trinajstić information content (AvgIpc) is 2.77. The average molecular weight is 402 g/mol. The summed E-state index contributed by atoms with van der Waals surface area (Å²) in [6.07, 6.45) is 0. The molecule has 0 atom stereocenters. The van der Waals surface area contributed by atoms with Crippen LogP contribution in [0, 0.1) is 0 Å². The standard InChI is InChI=1S/C14H22N6.HI/c1-5-20(6-2)13-9-7-12(8-10-13)15-16-14-17-19(4)11-18(14)3;/h7-10H,5-6,11H2,1-4H3;1H. The molecule has 116 valence electrons. The Bertz CT molecular complexity index is 495. The summed E-state index contributed by atoms with van der Waals surface area (Å²) in [7, 11) is 3.86. The molecule has 1 aliphatic rings. The van der Waals surface area contributed by atoms with E-state index in [0.717, 1.165) is 25.4 Å². The summed E-state index contributed by atoms with van der Waals surface area (Å²) in [5, 5.41) is 14.5. The topological polar surface area (TPSA) is 46.8 Å². The maximum Gasteiger partial charge on any atom is 0.263 e. The highest BCUT2D eigenvalue weighted by atomic mass is 127. The first-order valence-corrected chi connectivity index (χ1v) is 6.91. The molecular formula is C14H23IN6. The lowest BCUT2D eigenvalue weighted by molar-refractivity contribution is 0.302. The summed E-state index contributed by atoms with van der Waals surface area (Å²) in [5.41, 5.74) is 2.05. The normalized spacial score (nSPS) is 14.4. The van der Waals surface area contributed by atoms with E-state index in [1.54, 1.807) is 0 Å². The van der Waals surface area contributed by atoms with Crippen molar-refractivity contribution in [1.29, 1.82) is 0 Å². The molecule has 0 aliphatic carbocycles. The molecule has 0 N–H and O–H groups in total. The molecule has 0 aromatic heterocycles. The molecule has 1 aliphatic heterocycles. The van der Waals surface area contributed by atoms with Crippen molar-refractivity contribution in [2.45, 2.75) is 13.8 Å². The van der Waals surface area contributed by atoms with Crippen LogP contribution in [0.3, 0.4) is 0 Å². The van der Waals surface area contributed by atoms with Gasteiger partial charge in [0.15, 0.2) is 0 Å². The van der Waals surface area contributed by atoms with E-state index in [0.29, 0.717) is 5.96 Å². The van der Waals surface area contributed by atoms with E-state index in [1.807, 2.05) is 36.1 Å². The molecule has 0 radical (unpaired) electrons. The minimum absolute atomic E-state index is 0. The Hall–Kier alpha value is -1.38. The fourth-order valence-electron chi connectivity index (χ4n) is 2.15. The molecule has 6 nitrogen and oxygen atoms in total. The van der Waals surface area contributed by atoms with Crippen molar-refractivity contribution in [3.63, 3.8) is 0 Å². The Morgan fingerprint density at radius 3 is 2.19 bits per heavy atom. The molecule has 0 saturated heterocycles. The van der Waals surface area contributed by atoms with E-state index < -0.39 is 0 Å². The number of guanidine groups is 1. The first-order chi connectivity index (χ1) is 9.63. The van der Waals surface area contributed by atoms with E-state index in [-0.39, 0.29) is 24.0 Å². The fourth-order valence-corrected chi connectivity index (χ4v) is 2.15. The molecule has 0 saturated carbocycles. The third-order valence-electron chi connectivity index (χ3n) is 3.25. The van der Waals surface area contributed by atoms with Crippen LogP contribution in [0.4, 0.5) is 11.4 Å². The number of benzene rings is 1. The lowest BCUT2D eigenvalue weighted by Crippen LogP contribution is -2.23. The Kier molecular flexibility index (Phi) is 6.86. The minimum atomic E-state index is 0. The second-order valence-corrected chi connectivity index (χ2v) is 4.79. The van der Waals surface area contributed by atoms with Gasteiger partial charge in [-0.1, -0.05) is 0 Å². The van der Waals surface area contributed by atoms with E-state index in [9.17, 15) is 0 Å². The van der Waals surface area contributed by atoms with E-state index in [1.165, 1.54) is 5.69 Å². The van der Waals surface area contributed by atoms with Crippen LogP contribution in [-0.2, 0) is 0 Å². The number of nitrogens with zero attached hydrogens (tertiary/aromatic N) is 6. The number of hydrogen-bond acceptors (Lipinski definition) is 6. The zero-order valence-corrected chi connectivity index (χ0v) is 15.4. The molecule has 1 heterocycles. The van der Waals surface area contributed by atoms with Gasteiger partial charge in [-0.05, 0) is 38.1 Å². The van der Waals surface area contributed by atoms with Crippen molar-refractivity contribution in [1.82, 2.24) is 9.91 Å². The summed E-state index contributed by atoms with van der Waals surface area (Å²) < 4.78 is 0. The van der Waals surface area contributed by atoms with Gasteiger partial charge in [-0.3, -0.25) is 5.01 Å². The molecule has 1 aromatic rings. The lowest BCUT2D eigenvalue weighted by Gasteiger charge is -2.20. The smallest absolute Gasteiger partial charge is 0.263 e. The van der Waals surface area contributed by atoms with Crippen molar-refractivity contribution in [3.05, 3.63) is 24.3 Å². The second-order valence-electron chi connectivity index (χ2n) is 4.79. The number of halogens is 1. The fraction of sp³-hybridized carbons (Fsp3) is 0.500. The highest BCUT2D eigenvalue weighted by Gasteiger charge is 2.15. The summed E-state index contributed by atoms with van der Waals surface area (Å²) in [6, 6.07) is 8.12. The SMILES string of the molecule is CCN(CC)c1ccc(N=NC2=NN(C)CN2C)cc1.I. The summed E-state index contributed by atoms with van der Waals surface area (Å²) >= 11 is 0. The molecule has 0 amide bonds. The van der Waals surface area contributed by atoms with Crippen LogP contribution in [-0.4, -0.2) is 49.7 Å². The molecule has 0 bridgehead atoms. The van der Waals surface area contributed by atoms with Gasteiger partial charge in [-0.25, -0.2) is 0 Å². The van der Waals surface area contributed by atoms with Crippen molar-refractivity contribution in [2.24, 2.45) is 15.3 Å². The highest BCUT2D eigenvalue weighted by Crippen LogP contribution is 2.20. The van der Waals surface area contributed by atoms with Gasteiger partial charge in [0.05, 0.1) is 5.69 Å². The molecular weight excluding hydrogens is 379 g/mol. The summed E-state index contributed by atoms with van der Waals surface area (Å²) in [6.45, 7) is 7.06. The zero-order chi connectivity index (χ0) is 14.5. The Labute approximate surface area is 143 Å². The van der Waals surface area contributed by atoms with E-state index in [4.69, 9.17) is 0 Å². The molecule has 0 unspecified atom stereocenters. The second kappa shape index (κ2) is 8.16. The summed E-state index contributed by atoms with van der Waals surface area (Å²) in [5.74, 6) is 0.639. The van der Waals surface area contributed by atoms with Gasteiger partial charge >= 0.3 is 0 Å². The lowest BCUT2D eigenvalue weighted by atomic mass is 10.2. The molecule has 7 heteroatoms. The maximum absolute atomic E-state index is 4.26. The molecule has 0 spiro atoms. The number of hydrogen-bond donors (Lipinski definition) is 0. The van der Waals surface area contributed by atoms with Gasteiger partial charge < -0.3 is 9.80 Å². The molecule has 2 rings (SSSR count). The Balaban J connectivity index is 0.00000220. The van der Waals surface area contributed by atoms with Gasteiger partial charge in [-0.2, -0.15) is 0 Å². The highest BCUT2D eigenvalue weighted by molar-refractivity contribution is 14.0. The molecule has 1 aromatic carbocycles. The van der Waals surface area contributed by atoms with Gasteiger partial charge in [0.2, 0.25) is 0 Å². The van der Waals surface area contributed by atoms with Crippen LogP contribution >= 0.6 is 24.0 Å².